The molecule has 8 atom stereocenters. The standard InChI is InChI=1S/2C23H29ClN6O5S/c2*1-14-6-5-7-18(27-14)23-29-28-20(30(23)15(2)19-12-34-8-9-35-19)13-36(31,32)16(3)21(33-4)22-25-10-17(24)11-26-22/h2*5-7,10-11,15-16,19,21H,8-9,12-13H2,1-4H3/t15-,16-,19+,21-;15-,16-,19-,21-/m00/s1. The largest absolute Gasteiger partial charge is 0.376 e. The average molecular weight is 1070 g/mol. The number of aromatic nitrogens is 12. The van der Waals surface area contributed by atoms with Crippen LogP contribution < -0.4 is 0 Å². The fraction of sp³-hybridized carbons (Fsp3) is 0.522. The number of rotatable bonds is 18. The van der Waals surface area contributed by atoms with Gasteiger partial charge in [0.05, 0.1) is 72.3 Å². The minimum Gasteiger partial charge on any atom is -0.376 e. The Kier molecular flexibility index (Phi) is 18.5. The lowest BCUT2D eigenvalue weighted by Crippen LogP contribution is -2.36. The molecule has 26 heteroatoms. The molecule has 6 aromatic rings. The van der Waals surface area contributed by atoms with Gasteiger partial charge in [0.2, 0.25) is 0 Å². The molecule has 0 spiro atoms. The number of halogens is 2. The maximum atomic E-state index is 13.6. The van der Waals surface area contributed by atoms with Crippen LogP contribution in [0.25, 0.3) is 23.0 Å². The van der Waals surface area contributed by atoms with Crippen LogP contribution in [0.3, 0.4) is 0 Å². The molecule has 0 amide bonds. The average Bonchev–Trinajstić information content (AvgIpc) is 3.99. The monoisotopic (exact) mass is 1070 g/mol. The Balaban J connectivity index is 0.000000211. The van der Waals surface area contributed by atoms with Crippen LogP contribution in [0.4, 0.5) is 0 Å². The summed E-state index contributed by atoms with van der Waals surface area (Å²) in [4.78, 5) is 25.7. The molecule has 0 aliphatic carbocycles. The van der Waals surface area contributed by atoms with Crippen LogP contribution in [0, 0.1) is 13.8 Å². The van der Waals surface area contributed by atoms with Crippen molar-refractivity contribution in [3.63, 3.8) is 0 Å². The van der Waals surface area contributed by atoms with Gasteiger partial charge in [0.1, 0.15) is 59.0 Å². The summed E-state index contributed by atoms with van der Waals surface area (Å²) in [6.07, 6.45) is 3.23. The summed E-state index contributed by atoms with van der Waals surface area (Å²) in [5.74, 6) is 1.17. The Hall–Kier alpha value is -5.02. The Morgan fingerprint density at radius 2 is 0.972 bits per heavy atom. The molecule has 22 nitrogen and oxygen atoms in total. The Morgan fingerprint density at radius 3 is 1.29 bits per heavy atom. The molecule has 388 valence electrons. The van der Waals surface area contributed by atoms with E-state index in [4.69, 9.17) is 51.6 Å². The zero-order valence-corrected chi connectivity index (χ0v) is 44.2. The van der Waals surface area contributed by atoms with Gasteiger partial charge < -0.3 is 37.6 Å². The summed E-state index contributed by atoms with van der Waals surface area (Å²) in [6, 6.07) is 10.5. The minimum absolute atomic E-state index is 0.227. The van der Waals surface area contributed by atoms with E-state index in [2.05, 4.69) is 50.3 Å². The first kappa shape index (κ1) is 54.7. The molecule has 2 aliphatic rings. The zero-order chi connectivity index (χ0) is 51.7. The molecule has 0 unspecified atom stereocenters. The normalized spacial score (nSPS) is 19.1. The Labute approximate surface area is 428 Å². The van der Waals surface area contributed by atoms with Gasteiger partial charge >= 0.3 is 0 Å². The van der Waals surface area contributed by atoms with Crippen molar-refractivity contribution in [3.05, 3.63) is 106 Å². The summed E-state index contributed by atoms with van der Waals surface area (Å²) in [6.45, 7) is 13.4. The Morgan fingerprint density at radius 1 is 0.597 bits per heavy atom. The van der Waals surface area contributed by atoms with Crippen molar-refractivity contribution in [1.29, 1.82) is 0 Å². The lowest BCUT2D eigenvalue weighted by atomic mass is 10.1. The number of pyridine rings is 2. The lowest BCUT2D eigenvalue weighted by molar-refractivity contribution is -0.105. The molecule has 0 saturated carbocycles. The van der Waals surface area contributed by atoms with E-state index in [1.807, 2.05) is 64.1 Å². The van der Waals surface area contributed by atoms with E-state index in [1.54, 1.807) is 23.0 Å². The van der Waals surface area contributed by atoms with Crippen LogP contribution in [0.15, 0.2) is 61.2 Å². The molecular weight excluding hydrogens is 1020 g/mol. The molecule has 0 radical (unpaired) electrons. The molecule has 2 aliphatic heterocycles. The van der Waals surface area contributed by atoms with Crippen molar-refractivity contribution in [2.75, 3.05) is 53.9 Å². The third-order valence-corrected chi connectivity index (χ3v) is 16.8. The molecule has 6 aromatic heterocycles. The van der Waals surface area contributed by atoms with Gasteiger partial charge in [0, 0.05) is 50.4 Å². The maximum absolute atomic E-state index is 13.6. The summed E-state index contributed by atoms with van der Waals surface area (Å²) >= 11 is 11.8. The lowest BCUT2D eigenvalue weighted by Gasteiger charge is -2.30. The number of ether oxygens (including phenoxy) is 6. The molecule has 2 saturated heterocycles. The van der Waals surface area contributed by atoms with E-state index in [1.165, 1.54) is 39.0 Å². The van der Waals surface area contributed by atoms with Gasteiger partial charge in [-0.1, -0.05) is 35.3 Å². The molecule has 2 fully saturated rings. The molecular formula is C46H58Cl2N12O10S2. The van der Waals surface area contributed by atoms with E-state index >= 15 is 0 Å². The second-order valence-electron chi connectivity index (χ2n) is 17.3. The van der Waals surface area contributed by atoms with E-state index in [9.17, 15) is 16.8 Å². The van der Waals surface area contributed by atoms with E-state index in [-0.39, 0.29) is 59.1 Å². The smallest absolute Gasteiger partial charge is 0.182 e. The highest BCUT2D eigenvalue weighted by Gasteiger charge is 2.38. The maximum Gasteiger partial charge on any atom is 0.182 e. The van der Waals surface area contributed by atoms with E-state index in [0.29, 0.717) is 72.7 Å². The SMILES string of the molecule is CO[C@H](c1ncc(Cl)cn1)[C@H](C)S(=O)(=O)Cc1nnc(-c2cccc(C)n2)n1[C@@H](C)[C@@H]1COCCO1.CO[C@H](c1ncc(Cl)cn1)[C@H](C)S(=O)(=O)Cc1nnc(-c2cccc(C)n2)n1[C@@H](C)[C@H]1COCCO1. The fourth-order valence-corrected chi connectivity index (χ4v) is 11.3. The van der Waals surface area contributed by atoms with Crippen LogP contribution >= 0.6 is 23.2 Å². The quantitative estimate of drug-likeness (QED) is 0.103. The van der Waals surface area contributed by atoms with Gasteiger partial charge in [0.25, 0.3) is 0 Å². The topological polar surface area (TPSA) is 262 Å². The molecule has 0 aromatic carbocycles. The third kappa shape index (κ3) is 13.0. The van der Waals surface area contributed by atoms with Crippen molar-refractivity contribution < 1.29 is 45.3 Å². The number of hydrogen-bond donors (Lipinski definition) is 0. The minimum atomic E-state index is -3.80. The molecule has 72 heavy (non-hydrogen) atoms. The summed E-state index contributed by atoms with van der Waals surface area (Å²) in [5.41, 5.74) is 2.79. The molecule has 8 rings (SSSR count). The van der Waals surface area contributed by atoms with Gasteiger partial charge in [0.15, 0.2) is 43.0 Å². The number of aryl methyl sites for hydroxylation is 2. The number of nitrogens with zero attached hydrogens (tertiary/aromatic N) is 12. The number of methoxy groups -OCH3 is 2. The highest BCUT2D eigenvalue weighted by atomic mass is 35.5. The van der Waals surface area contributed by atoms with Crippen molar-refractivity contribution in [2.24, 2.45) is 0 Å². The third-order valence-electron chi connectivity index (χ3n) is 12.3. The highest BCUT2D eigenvalue weighted by Crippen LogP contribution is 2.32. The Bertz CT molecular complexity index is 2760. The zero-order valence-electron chi connectivity index (χ0n) is 41.1. The first-order chi connectivity index (χ1) is 34.4. The van der Waals surface area contributed by atoms with Gasteiger partial charge in [-0.25, -0.2) is 46.7 Å². The second kappa shape index (κ2) is 24.3. The first-order valence-electron chi connectivity index (χ1n) is 23.0. The van der Waals surface area contributed by atoms with Crippen LogP contribution in [-0.2, 0) is 59.6 Å². The number of sulfone groups is 2. The highest BCUT2D eigenvalue weighted by molar-refractivity contribution is 7.91. The predicted molar refractivity (Wildman–Crippen MR) is 264 cm³/mol. The van der Waals surface area contributed by atoms with Crippen LogP contribution in [0.1, 0.15) is 86.7 Å². The second-order valence-corrected chi connectivity index (χ2v) is 22.8. The van der Waals surface area contributed by atoms with Crippen LogP contribution in [-0.4, -0.2) is 153 Å². The van der Waals surface area contributed by atoms with Crippen molar-refractivity contribution >= 4 is 42.9 Å². The van der Waals surface area contributed by atoms with Crippen LogP contribution in [0.5, 0.6) is 0 Å². The van der Waals surface area contributed by atoms with Crippen molar-refractivity contribution in [2.45, 2.75) is 100 Å². The van der Waals surface area contributed by atoms with Crippen LogP contribution in [0.2, 0.25) is 10.0 Å². The van der Waals surface area contributed by atoms with Crippen molar-refractivity contribution in [3.8, 4) is 23.0 Å². The summed E-state index contributed by atoms with van der Waals surface area (Å²) < 4.78 is 91.9. The summed E-state index contributed by atoms with van der Waals surface area (Å²) in [7, 11) is -4.77. The predicted octanol–water partition coefficient (Wildman–Crippen LogP) is 5.52. The van der Waals surface area contributed by atoms with Gasteiger partial charge in [-0.15, -0.1) is 20.4 Å². The van der Waals surface area contributed by atoms with Crippen molar-refractivity contribution in [1.82, 2.24) is 59.4 Å². The molecule has 8 heterocycles. The summed E-state index contributed by atoms with van der Waals surface area (Å²) in [5, 5.41) is 16.0. The van der Waals surface area contributed by atoms with Gasteiger partial charge in [-0.2, -0.15) is 0 Å². The van der Waals surface area contributed by atoms with Gasteiger partial charge in [-0.3, -0.25) is 0 Å². The molecule has 0 bridgehead atoms. The van der Waals surface area contributed by atoms with E-state index in [0.717, 1.165) is 11.4 Å². The first-order valence-corrected chi connectivity index (χ1v) is 27.2. The number of hydrogen-bond acceptors (Lipinski definition) is 20. The van der Waals surface area contributed by atoms with E-state index < -0.39 is 42.4 Å². The van der Waals surface area contributed by atoms with Gasteiger partial charge in [-0.05, 0) is 65.8 Å². The molecule has 0 N–H and O–H groups in total. The fourth-order valence-electron chi connectivity index (χ4n) is 8.24.